The Labute approximate surface area is 106 Å². The normalized spacial score (nSPS) is 10.2. The highest BCUT2D eigenvalue weighted by molar-refractivity contribution is 5.77. The Kier molecular flexibility index (Phi) is 5.28. The van der Waals surface area contributed by atoms with Crippen molar-refractivity contribution in [2.24, 2.45) is 0 Å². The summed E-state index contributed by atoms with van der Waals surface area (Å²) in [4.78, 5) is 13.1. The minimum atomic E-state index is -0.364. The monoisotopic (exact) mass is 249 g/mol. The minimum absolute atomic E-state index is 0.100. The number of nitrogens with zero attached hydrogens (tertiary/aromatic N) is 2. The van der Waals surface area contributed by atoms with Gasteiger partial charge in [0.2, 0.25) is 5.91 Å². The van der Waals surface area contributed by atoms with Crippen molar-refractivity contribution in [1.29, 1.82) is 5.26 Å². The zero-order valence-electron chi connectivity index (χ0n) is 10.5. The maximum Gasteiger partial charge on any atom is 0.234 e. The Balaban J connectivity index is 2.67. The van der Waals surface area contributed by atoms with Gasteiger partial charge in [-0.1, -0.05) is 0 Å². The van der Waals surface area contributed by atoms with Crippen molar-refractivity contribution in [2.45, 2.75) is 13.5 Å². The van der Waals surface area contributed by atoms with Gasteiger partial charge in [-0.25, -0.2) is 4.39 Å². The Morgan fingerprint density at radius 2 is 2.28 bits per heavy atom. The molecule has 18 heavy (non-hydrogen) atoms. The van der Waals surface area contributed by atoms with Crippen LogP contribution in [0.25, 0.3) is 0 Å². The summed E-state index contributed by atoms with van der Waals surface area (Å²) in [6.07, 6.45) is 0. The molecule has 4 nitrogen and oxygen atoms in total. The average Bonchev–Trinajstić information content (AvgIpc) is 2.32. The molecule has 0 spiro atoms. The van der Waals surface area contributed by atoms with Crippen molar-refractivity contribution in [1.82, 2.24) is 10.2 Å². The third-order valence-corrected chi connectivity index (χ3v) is 2.40. The van der Waals surface area contributed by atoms with Crippen LogP contribution in [-0.4, -0.2) is 30.9 Å². The van der Waals surface area contributed by atoms with Gasteiger partial charge in [0.25, 0.3) is 0 Å². The molecule has 1 N–H and O–H groups in total. The summed E-state index contributed by atoms with van der Waals surface area (Å²) in [5.74, 6) is -0.464. The Morgan fingerprint density at radius 3 is 2.89 bits per heavy atom. The fraction of sp³-hybridized carbons (Fsp3) is 0.385. The highest BCUT2D eigenvalue weighted by Crippen LogP contribution is 2.11. The molecule has 96 valence electrons. The van der Waals surface area contributed by atoms with E-state index in [0.29, 0.717) is 24.2 Å². The van der Waals surface area contributed by atoms with Crippen LogP contribution in [0, 0.1) is 17.1 Å². The summed E-state index contributed by atoms with van der Waals surface area (Å²) in [5, 5.41) is 11.4. The summed E-state index contributed by atoms with van der Waals surface area (Å²) < 4.78 is 13.5. The van der Waals surface area contributed by atoms with Crippen LogP contribution in [0.5, 0.6) is 0 Å². The Bertz CT molecular complexity index is 468. The van der Waals surface area contributed by atoms with Crippen molar-refractivity contribution >= 4 is 5.91 Å². The lowest BCUT2D eigenvalue weighted by atomic mass is 10.1. The summed E-state index contributed by atoms with van der Waals surface area (Å²) in [6.45, 7) is 2.90. The predicted molar refractivity (Wildman–Crippen MR) is 66.1 cm³/mol. The van der Waals surface area contributed by atoms with Crippen molar-refractivity contribution < 1.29 is 9.18 Å². The zero-order valence-corrected chi connectivity index (χ0v) is 10.5. The van der Waals surface area contributed by atoms with Crippen LogP contribution in [0.2, 0.25) is 0 Å². The van der Waals surface area contributed by atoms with E-state index in [1.54, 1.807) is 11.9 Å². The van der Waals surface area contributed by atoms with Crippen LogP contribution in [0.3, 0.4) is 0 Å². The minimum Gasteiger partial charge on any atom is -0.355 e. The van der Waals surface area contributed by atoms with Crippen LogP contribution in [0.4, 0.5) is 4.39 Å². The summed E-state index contributed by atoms with van der Waals surface area (Å²) >= 11 is 0. The number of likely N-dealkylation sites (N-methyl/N-ethyl adjacent to an activating group) is 2. The van der Waals surface area contributed by atoms with E-state index >= 15 is 0 Å². The number of rotatable bonds is 5. The second-order valence-corrected chi connectivity index (χ2v) is 4.04. The van der Waals surface area contributed by atoms with Crippen LogP contribution in [0.1, 0.15) is 18.1 Å². The molecule has 1 rings (SSSR count). The number of carbonyl (C=O) groups excluding carboxylic acids is 1. The van der Waals surface area contributed by atoms with Gasteiger partial charge in [0, 0.05) is 18.7 Å². The summed E-state index contributed by atoms with van der Waals surface area (Å²) in [7, 11) is 1.73. The van der Waals surface area contributed by atoms with E-state index in [0.717, 1.165) is 0 Å². The molecule has 0 aliphatic rings. The first-order valence-electron chi connectivity index (χ1n) is 5.70. The highest BCUT2D eigenvalue weighted by atomic mass is 19.1. The lowest BCUT2D eigenvalue weighted by Gasteiger charge is -2.16. The molecule has 0 bridgehead atoms. The number of hydrogen-bond donors (Lipinski definition) is 1. The number of amides is 1. The van der Waals surface area contributed by atoms with E-state index in [9.17, 15) is 9.18 Å². The van der Waals surface area contributed by atoms with E-state index in [4.69, 9.17) is 5.26 Å². The molecule has 0 unspecified atom stereocenters. The maximum absolute atomic E-state index is 13.5. The van der Waals surface area contributed by atoms with Gasteiger partial charge in [-0.2, -0.15) is 5.26 Å². The van der Waals surface area contributed by atoms with Gasteiger partial charge < -0.3 is 5.32 Å². The molecule has 0 aromatic heterocycles. The highest BCUT2D eigenvalue weighted by Gasteiger charge is 2.09. The molecule has 1 amide bonds. The lowest BCUT2D eigenvalue weighted by molar-refractivity contribution is -0.121. The molecule has 0 aliphatic carbocycles. The van der Waals surface area contributed by atoms with Gasteiger partial charge in [0.05, 0.1) is 18.2 Å². The van der Waals surface area contributed by atoms with Crippen LogP contribution in [-0.2, 0) is 11.3 Å². The predicted octanol–water partition coefficient (Wildman–Crippen LogP) is 1.27. The van der Waals surface area contributed by atoms with Gasteiger partial charge in [0.15, 0.2) is 0 Å². The third-order valence-electron chi connectivity index (χ3n) is 2.40. The van der Waals surface area contributed by atoms with Crippen molar-refractivity contribution in [3.63, 3.8) is 0 Å². The van der Waals surface area contributed by atoms with E-state index in [1.807, 2.05) is 13.0 Å². The number of hydrogen-bond acceptors (Lipinski definition) is 3. The second kappa shape index (κ2) is 6.72. The molecule has 0 saturated heterocycles. The number of carbonyl (C=O) groups is 1. The largest absolute Gasteiger partial charge is 0.355 e. The van der Waals surface area contributed by atoms with E-state index in [-0.39, 0.29) is 18.3 Å². The molecule has 0 heterocycles. The average molecular weight is 249 g/mol. The molecular weight excluding hydrogens is 233 g/mol. The van der Waals surface area contributed by atoms with Gasteiger partial charge >= 0.3 is 0 Å². The molecule has 1 aromatic rings. The van der Waals surface area contributed by atoms with Crippen molar-refractivity contribution in [3.8, 4) is 6.07 Å². The van der Waals surface area contributed by atoms with Crippen LogP contribution < -0.4 is 5.32 Å². The van der Waals surface area contributed by atoms with E-state index in [1.165, 1.54) is 18.2 Å². The molecule has 0 atom stereocenters. The van der Waals surface area contributed by atoms with Gasteiger partial charge in [-0.15, -0.1) is 0 Å². The van der Waals surface area contributed by atoms with Crippen LogP contribution in [0.15, 0.2) is 18.2 Å². The molecule has 5 heteroatoms. The summed E-state index contributed by atoms with van der Waals surface area (Å²) in [6, 6.07) is 6.17. The molecular formula is C13H16FN3O. The zero-order chi connectivity index (χ0) is 13.5. The SMILES string of the molecule is CCNC(=O)CN(C)Cc1cc(C#N)ccc1F. The number of benzene rings is 1. The Hall–Kier alpha value is -1.93. The third kappa shape index (κ3) is 4.15. The number of halogens is 1. The van der Waals surface area contributed by atoms with Crippen molar-refractivity contribution in [2.75, 3.05) is 20.1 Å². The first kappa shape index (κ1) is 14.1. The smallest absolute Gasteiger partial charge is 0.234 e. The first-order chi connectivity index (χ1) is 8.56. The number of nitrogens with one attached hydrogen (secondary N) is 1. The van der Waals surface area contributed by atoms with Crippen LogP contribution >= 0.6 is 0 Å². The van der Waals surface area contributed by atoms with Crippen molar-refractivity contribution in [3.05, 3.63) is 35.1 Å². The lowest BCUT2D eigenvalue weighted by Crippen LogP contribution is -2.34. The van der Waals surface area contributed by atoms with E-state index < -0.39 is 0 Å². The topological polar surface area (TPSA) is 56.1 Å². The standard InChI is InChI=1S/C13H16FN3O/c1-3-16-13(18)9-17(2)8-11-6-10(7-15)4-5-12(11)14/h4-6H,3,8-9H2,1-2H3,(H,16,18). The fourth-order valence-electron chi connectivity index (χ4n) is 1.61. The van der Waals surface area contributed by atoms with Gasteiger partial charge in [0.1, 0.15) is 5.82 Å². The molecule has 0 aliphatic heterocycles. The van der Waals surface area contributed by atoms with E-state index in [2.05, 4.69) is 5.32 Å². The quantitative estimate of drug-likeness (QED) is 0.854. The Morgan fingerprint density at radius 1 is 1.56 bits per heavy atom. The second-order valence-electron chi connectivity index (χ2n) is 4.04. The van der Waals surface area contributed by atoms with Gasteiger partial charge in [-0.05, 0) is 32.2 Å². The maximum atomic E-state index is 13.5. The molecule has 0 fully saturated rings. The molecule has 0 radical (unpaired) electrons. The van der Waals surface area contributed by atoms with Gasteiger partial charge in [-0.3, -0.25) is 9.69 Å². The summed E-state index contributed by atoms with van der Waals surface area (Å²) in [5.41, 5.74) is 0.832. The molecule has 0 saturated carbocycles. The molecule has 1 aromatic carbocycles. The first-order valence-corrected chi connectivity index (χ1v) is 5.70. The number of nitriles is 1. The fourth-order valence-corrected chi connectivity index (χ4v) is 1.61.